The second-order valence-corrected chi connectivity index (χ2v) is 8.17. The molecule has 2 nitrogen and oxygen atoms in total. The lowest BCUT2D eigenvalue weighted by Gasteiger charge is -2.59. The van der Waals surface area contributed by atoms with Gasteiger partial charge in [0.15, 0.2) is 0 Å². The zero-order chi connectivity index (χ0) is 17.1. The van der Waals surface area contributed by atoms with E-state index in [2.05, 4.69) is 65.8 Å². The van der Waals surface area contributed by atoms with E-state index in [9.17, 15) is 0 Å². The largest absolute Gasteiger partial charge is 0.369 e. The molecule has 0 radical (unpaired) electrons. The highest BCUT2D eigenvalue weighted by Gasteiger charge is 2.59. The van der Waals surface area contributed by atoms with Crippen LogP contribution in [0.25, 0.3) is 0 Å². The Morgan fingerprint density at radius 1 is 0.870 bits per heavy atom. The van der Waals surface area contributed by atoms with Crippen molar-refractivity contribution in [2.24, 2.45) is 23.7 Å². The summed E-state index contributed by atoms with van der Waals surface area (Å²) in [6, 6.07) is 0. The lowest BCUT2D eigenvalue weighted by molar-refractivity contribution is -0.310. The van der Waals surface area contributed by atoms with E-state index in [-0.39, 0.29) is 11.2 Å². The third kappa shape index (κ3) is 3.30. The summed E-state index contributed by atoms with van der Waals surface area (Å²) in [5, 5.41) is 0. The van der Waals surface area contributed by atoms with Crippen molar-refractivity contribution < 1.29 is 9.47 Å². The molecule has 1 fully saturated rings. The van der Waals surface area contributed by atoms with E-state index in [1.54, 1.807) is 0 Å². The first kappa shape index (κ1) is 18.7. The number of hydrogen-bond acceptors (Lipinski definition) is 2. The van der Waals surface area contributed by atoms with Crippen LogP contribution in [0.15, 0.2) is 24.3 Å². The van der Waals surface area contributed by atoms with E-state index in [1.807, 2.05) is 0 Å². The minimum Gasteiger partial charge on any atom is -0.369 e. The van der Waals surface area contributed by atoms with Gasteiger partial charge in [0.1, 0.15) is 5.60 Å². The third-order valence-corrected chi connectivity index (χ3v) is 6.01. The van der Waals surface area contributed by atoms with Gasteiger partial charge in [0.25, 0.3) is 0 Å². The van der Waals surface area contributed by atoms with Crippen molar-refractivity contribution in [1.29, 1.82) is 0 Å². The molecule has 23 heavy (non-hydrogen) atoms. The van der Waals surface area contributed by atoms with E-state index in [0.29, 0.717) is 23.7 Å². The van der Waals surface area contributed by atoms with Crippen molar-refractivity contribution in [1.82, 2.24) is 0 Å². The first-order valence-corrected chi connectivity index (χ1v) is 9.49. The minimum absolute atomic E-state index is 0.181. The fourth-order valence-corrected chi connectivity index (χ4v) is 5.09. The fourth-order valence-electron chi connectivity index (χ4n) is 5.09. The molecule has 0 aromatic carbocycles. The summed E-state index contributed by atoms with van der Waals surface area (Å²) in [6.07, 6.45) is 12.4. The summed E-state index contributed by atoms with van der Waals surface area (Å²) in [5.74, 6) is 1.94. The maximum atomic E-state index is 6.57. The lowest BCUT2D eigenvalue weighted by atomic mass is 9.61. The third-order valence-electron chi connectivity index (χ3n) is 6.01. The molecule has 0 spiro atoms. The van der Waals surface area contributed by atoms with E-state index in [4.69, 9.17) is 9.47 Å². The Hall–Kier alpha value is -0.600. The Morgan fingerprint density at radius 2 is 1.43 bits per heavy atom. The standard InChI is InChI=1S/C21H36O2/c1-16(2)20(13-9-12-19-10-7-8-11-19)21(17(3)4,18(5)6)23-15-14-22-20/h7-8,10-11,16-19H,9,12-15H2,1-6H3. The van der Waals surface area contributed by atoms with Crippen LogP contribution in [0.3, 0.4) is 0 Å². The van der Waals surface area contributed by atoms with Crippen LogP contribution in [0.1, 0.15) is 60.8 Å². The number of rotatable bonds is 7. The molecule has 0 saturated carbocycles. The Kier molecular flexibility index (Phi) is 6.13. The van der Waals surface area contributed by atoms with Crippen LogP contribution in [0, 0.1) is 23.7 Å². The van der Waals surface area contributed by atoms with Gasteiger partial charge in [-0.3, -0.25) is 0 Å². The molecule has 1 atom stereocenters. The van der Waals surface area contributed by atoms with Gasteiger partial charge in [-0.25, -0.2) is 0 Å². The lowest BCUT2D eigenvalue weighted by Crippen LogP contribution is -2.68. The summed E-state index contributed by atoms with van der Waals surface area (Å²) >= 11 is 0. The SMILES string of the molecule is CC(C)C1(CCCC2C=CC=C2)OCCOC1(C(C)C)C(C)C. The van der Waals surface area contributed by atoms with Gasteiger partial charge in [0, 0.05) is 0 Å². The maximum Gasteiger partial charge on any atom is 0.102 e. The van der Waals surface area contributed by atoms with Crippen molar-refractivity contribution in [3.63, 3.8) is 0 Å². The van der Waals surface area contributed by atoms with Crippen molar-refractivity contribution in [2.45, 2.75) is 72.0 Å². The van der Waals surface area contributed by atoms with Gasteiger partial charge >= 0.3 is 0 Å². The smallest absolute Gasteiger partial charge is 0.102 e. The molecule has 132 valence electrons. The van der Waals surface area contributed by atoms with E-state index in [1.165, 1.54) is 12.8 Å². The number of hydrogen-bond donors (Lipinski definition) is 0. The van der Waals surface area contributed by atoms with Crippen LogP contribution in [-0.4, -0.2) is 24.4 Å². The maximum absolute atomic E-state index is 6.57. The quantitative estimate of drug-likeness (QED) is 0.626. The van der Waals surface area contributed by atoms with Gasteiger partial charge < -0.3 is 9.47 Å². The molecule has 2 heteroatoms. The molecule has 2 rings (SSSR count). The molecular weight excluding hydrogens is 284 g/mol. The summed E-state index contributed by atoms with van der Waals surface area (Å²) in [6.45, 7) is 15.3. The van der Waals surface area contributed by atoms with E-state index in [0.717, 1.165) is 19.6 Å². The van der Waals surface area contributed by atoms with Crippen molar-refractivity contribution in [3.05, 3.63) is 24.3 Å². The highest BCUT2D eigenvalue weighted by molar-refractivity contribution is 5.17. The normalized spacial score (nSPS) is 27.7. The van der Waals surface area contributed by atoms with Gasteiger partial charge in [-0.1, -0.05) is 65.8 Å². The Bertz CT molecular complexity index is 413. The molecular formula is C21H36O2. The molecule has 0 amide bonds. The molecule has 2 aliphatic rings. The Balaban J connectivity index is 2.23. The van der Waals surface area contributed by atoms with Crippen LogP contribution >= 0.6 is 0 Å². The second-order valence-electron chi connectivity index (χ2n) is 8.17. The monoisotopic (exact) mass is 320 g/mol. The van der Waals surface area contributed by atoms with Crippen LogP contribution in [0.4, 0.5) is 0 Å². The second kappa shape index (κ2) is 7.53. The topological polar surface area (TPSA) is 18.5 Å². The highest BCUT2D eigenvalue weighted by Crippen LogP contribution is 2.51. The van der Waals surface area contributed by atoms with E-state index < -0.39 is 0 Å². The van der Waals surface area contributed by atoms with Gasteiger partial charge in [0.05, 0.1) is 18.8 Å². The van der Waals surface area contributed by atoms with Gasteiger partial charge in [-0.15, -0.1) is 0 Å². The van der Waals surface area contributed by atoms with Crippen molar-refractivity contribution in [3.8, 4) is 0 Å². The number of allylic oxidation sites excluding steroid dienone is 4. The molecule has 1 heterocycles. The van der Waals surface area contributed by atoms with Crippen LogP contribution in [0.2, 0.25) is 0 Å². The molecule has 1 unspecified atom stereocenters. The average molecular weight is 321 g/mol. The Morgan fingerprint density at radius 3 is 1.96 bits per heavy atom. The predicted molar refractivity (Wildman–Crippen MR) is 97.5 cm³/mol. The molecule has 0 N–H and O–H groups in total. The summed E-state index contributed by atoms with van der Waals surface area (Å²) in [7, 11) is 0. The number of ether oxygens (including phenoxy) is 2. The summed E-state index contributed by atoms with van der Waals surface area (Å²) < 4.78 is 13.1. The van der Waals surface area contributed by atoms with E-state index >= 15 is 0 Å². The Labute approximate surface area is 143 Å². The zero-order valence-electron chi connectivity index (χ0n) is 16.0. The first-order valence-electron chi connectivity index (χ1n) is 9.49. The van der Waals surface area contributed by atoms with Crippen molar-refractivity contribution >= 4 is 0 Å². The summed E-state index contributed by atoms with van der Waals surface area (Å²) in [5.41, 5.74) is -0.375. The zero-order valence-corrected chi connectivity index (χ0v) is 16.0. The first-order chi connectivity index (χ1) is 10.9. The van der Waals surface area contributed by atoms with Crippen LogP contribution in [0.5, 0.6) is 0 Å². The molecule has 0 aromatic rings. The molecule has 1 aliphatic heterocycles. The van der Waals surface area contributed by atoms with Crippen LogP contribution in [-0.2, 0) is 9.47 Å². The average Bonchev–Trinajstić information content (AvgIpc) is 3.00. The molecule has 0 aromatic heterocycles. The predicted octanol–water partition coefficient (Wildman–Crippen LogP) is 5.39. The van der Waals surface area contributed by atoms with Gasteiger partial charge in [-0.2, -0.15) is 0 Å². The van der Waals surface area contributed by atoms with Crippen LogP contribution < -0.4 is 0 Å². The summed E-state index contributed by atoms with van der Waals surface area (Å²) in [4.78, 5) is 0. The highest BCUT2D eigenvalue weighted by atomic mass is 16.6. The molecule has 1 aliphatic carbocycles. The molecule has 1 saturated heterocycles. The molecule has 0 bridgehead atoms. The van der Waals surface area contributed by atoms with Gasteiger partial charge in [-0.05, 0) is 42.9 Å². The van der Waals surface area contributed by atoms with Crippen molar-refractivity contribution in [2.75, 3.05) is 13.2 Å². The minimum atomic E-state index is -0.194. The van der Waals surface area contributed by atoms with Gasteiger partial charge in [0.2, 0.25) is 0 Å². The fraction of sp³-hybridized carbons (Fsp3) is 0.810.